The van der Waals surface area contributed by atoms with Gasteiger partial charge in [0.05, 0.1) is 11.6 Å². The standard InChI is InChI=1S/C16H23ClN2O3/c1-11(2)15(18-12(3)20)16(21)19(4)9-10-22-14-8-6-5-7-13(14)17/h5-8,11,15H,9-10H2,1-4H3,(H,18,20). The number of halogens is 1. The van der Waals surface area contributed by atoms with Crippen LogP contribution in [0.5, 0.6) is 5.75 Å². The number of nitrogens with zero attached hydrogens (tertiary/aromatic N) is 1. The molecule has 0 fully saturated rings. The average molecular weight is 327 g/mol. The van der Waals surface area contributed by atoms with Crippen molar-refractivity contribution in [3.63, 3.8) is 0 Å². The van der Waals surface area contributed by atoms with Gasteiger partial charge in [-0.15, -0.1) is 0 Å². The molecule has 0 aliphatic rings. The summed E-state index contributed by atoms with van der Waals surface area (Å²) in [6.07, 6.45) is 0. The molecule has 1 N–H and O–H groups in total. The Balaban J connectivity index is 2.53. The summed E-state index contributed by atoms with van der Waals surface area (Å²) in [5.74, 6) is 0.261. The number of hydrogen-bond acceptors (Lipinski definition) is 3. The fraction of sp³-hybridized carbons (Fsp3) is 0.500. The highest BCUT2D eigenvalue weighted by Gasteiger charge is 2.25. The molecule has 0 spiro atoms. The highest BCUT2D eigenvalue weighted by molar-refractivity contribution is 6.32. The number of para-hydroxylation sites is 1. The van der Waals surface area contributed by atoms with Gasteiger partial charge in [0, 0.05) is 14.0 Å². The number of amides is 2. The number of likely N-dealkylation sites (N-methyl/N-ethyl adjacent to an activating group) is 1. The lowest BCUT2D eigenvalue weighted by Crippen LogP contribution is -2.50. The zero-order chi connectivity index (χ0) is 16.7. The molecule has 0 heterocycles. The van der Waals surface area contributed by atoms with Crippen LogP contribution in [0.2, 0.25) is 5.02 Å². The third kappa shape index (κ3) is 5.56. The van der Waals surface area contributed by atoms with Crippen LogP contribution in [0.15, 0.2) is 24.3 Å². The predicted molar refractivity (Wildman–Crippen MR) is 87.0 cm³/mol. The Labute approximate surface area is 136 Å². The van der Waals surface area contributed by atoms with Gasteiger partial charge in [-0.25, -0.2) is 0 Å². The second kappa shape index (κ2) is 8.63. The predicted octanol–water partition coefficient (Wildman–Crippen LogP) is 2.34. The maximum Gasteiger partial charge on any atom is 0.245 e. The highest BCUT2D eigenvalue weighted by Crippen LogP contribution is 2.22. The molecule has 0 radical (unpaired) electrons. The molecule has 6 heteroatoms. The van der Waals surface area contributed by atoms with Crippen molar-refractivity contribution in [2.45, 2.75) is 26.8 Å². The minimum atomic E-state index is -0.525. The van der Waals surface area contributed by atoms with Gasteiger partial charge >= 0.3 is 0 Å². The molecule has 0 aliphatic heterocycles. The Hall–Kier alpha value is -1.75. The van der Waals surface area contributed by atoms with Crippen LogP contribution in [0.1, 0.15) is 20.8 Å². The van der Waals surface area contributed by atoms with E-state index in [2.05, 4.69) is 5.32 Å². The number of benzene rings is 1. The minimum absolute atomic E-state index is 0.0170. The maximum atomic E-state index is 12.4. The van der Waals surface area contributed by atoms with Crippen LogP contribution in [0.25, 0.3) is 0 Å². The Morgan fingerprint density at radius 1 is 1.32 bits per heavy atom. The zero-order valence-electron chi connectivity index (χ0n) is 13.4. The van der Waals surface area contributed by atoms with E-state index >= 15 is 0 Å². The van der Waals surface area contributed by atoms with E-state index in [4.69, 9.17) is 16.3 Å². The van der Waals surface area contributed by atoms with Crippen molar-refractivity contribution in [1.29, 1.82) is 0 Å². The molecule has 1 aromatic rings. The Morgan fingerprint density at radius 3 is 2.50 bits per heavy atom. The number of nitrogens with one attached hydrogen (secondary N) is 1. The van der Waals surface area contributed by atoms with Gasteiger partial charge in [-0.2, -0.15) is 0 Å². The van der Waals surface area contributed by atoms with E-state index in [9.17, 15) is 9.59 Å². The molecule has 0 saturated carbocycles. The second-order valence-electron chi connectivity index (χ2n) is 5.46. The Kier molecular flexibility index (Phi) is 7.18. The normalized spacial score (nSPS) is 11.9. The molecular formula is C16H23ClN2O3. The molecule has 2 amide bonds. The Morgan fingerprint density at radius 2 is 1.95 bits per heavy atom. The maximum absolute atomic E-state index is 12.4. The van der Waals surface area contributed by atoms with Crippen molar-refractivity contribution < 1.29 is 14.3 Å². The van der Waals surface area contributed by atoms with E-state index in [1.165, 1.54) is 6.92 Å². The highest BCUT2D eigenvalue weighted by atomic mass is 35.5. The lowest BCUT2D eigenvalue weighted by molar-refractivity contribution is -0.136. The fourth-order valence-electron chi connectivity index (χ4n) is 1.93. The molecule has 0 saturated heterocycles. The van der Waals surface area contributed by atoms with Gasteiger partial charge in [-0.1, -0.05) is 37.6 Å². The van der Waals surface area contributed by atoms with E-state index in [1.807, 2.05) is 26.0 Å². The van der Waals surface area contributed by atoms with Crippen LogP contribution >= 0.6 is 11.6 Å². The molecule has 1 unspecified atom stereocenters. The van der Waals surface area contributed by atoms with E-state index in [1.54, 1.807) is 24.1 Å². The second-order valence-corrected chi connectivity index (χ2v) is 5.87. The summed E-state index contributed by atoms with van der Waals surface area (Å²) in [4.78, 5) is 25.1. The van der Waals surface area contributed by atoms with Crippen LogP contribution in [0.3, 0.4) is 0 Å². The van der Waals surface area contributed by atoms with E-state index < -0.39 is 6.04 Å². The van der Waals surface area contributed by atoms with Gasteiger partial charge in [0.15, 0.2) is 0 Å². The van der Waals surface area contributed by atoms with E-state index in [-0.39, 0.29) is 17.7 Å². The summed E-state index contributed by atoms with van der Waals surface area (Å²) < 4.78 is 5.57. The fourth-order valence-corrected chi connectivity index (χ4v) is 2.12. The number of carbonyl (C=O) groups is 2. The molecule has 1 aromatic carbocycles. The summed E-state index contributed by atoms with van der Waals surface area (Å²) in [5, 5.41) is 3.22. The van der Waals surface area contributed by atoms with Crippen molar-refractivity contribution >= 4 is 23.4 Å². The zero-order valence-corrected chi connectivity index (χ0v) is 14.2. The molecule has 1 atom stereocenters. The molecule has 1 rings (SSSR count). The number of hydrogen-bond donors (Lipinski definition) is 1. The SMILES string of the molecule is CC(=O)NC(C(=O)N(C)CCOc1ccccc1Cl)C(C)C. The summed E-state index contributed by atoms with van der Waals surface area (Å²) in [7, 11) is 1.69. The third-order valence-electron chi connectivity index (χ3n) is 3.19. The van der Waals surface area contributed by atoms with Gasteiger partial charge in [0.1, 0.15) is 18.4 Å². The van der Waals surface area contributed by atoms with Crippen LogP contribution in [-0.2, 0) is 9.59 Å². The largest absolute Gasteiger partial charge is 0.490 e. The first-order valence-corrected chi connectivity index (χ1v) is 7.60. The first-order chi connectivity index (χ1) is 10.3. The van der Waals surface area contributed by atoms with Gasteiger partial charge in [-0.3, -0.25) is 9.59 Å². The monoisotopic (exact) mass is 326 g/mol. The van der Waals surface area contributed by atoms with Gasteiger partial charge < -0.3 is 15.0 Å². The minimum Gasteiger partial charge on any atom is -0.490 e. The Bertz CT molecular complexity index is 520. The summed E-state index contributed by atoms with van der Waals surface area (Å²) in [5.41, 5.74) is 0. The number of ether oxygens (including phenoxy) is 1. The molecule has 0 aliphatic carbocycles. The molecule has 22 heavy (non-hydrogen) atoms. The summed E-state index contributed by atoms with van der Waals surface area (Å²) in [6.45, 7) is 5.94. The molecule has 122 valence electrons. The lowest BCUT2D eigenvalue weighted by atomic mass is 10.0. The third-order valence-corrected chi connectivity index (χ3v) is 3.50. The first kappa shape index (κ1) is 18.3. The summed E-state index contributed by atoms with van der Waals surface area (Å²) >= 11 is 6.00. The number of rotatable bonds is 7. The van der Waals surface area contributed by atoms with Gasteiger partial charge in [0.25, 0.3) is 0 Å². The molecule has 0 bridgehead atoms. The molecule has 0 aromatic heterocycles. The molecule has 5 nitrogen and oxygen atoms in total. The van der Waals surface area contributed by atoms with Crippen LogP contribution < -0.4 is 10.1 Å². The van der Waals surface area contributed by atoms with E-state index in [0.29, 0.717) is 23.9 Å². The van der Waals surface area contributed by atoms with E-state index in [0.717, 1.165) is 0 Å². The van der Waals surface area contributed by atoms with Crippen molar-refractivity contribution in [1.82, 2.24) is 10.2 Å². The smallest absolute Gasteiger partial charge is 0.245 e. The first-order valence-electron chi connectivity index (χ1n) is 7.22. The van der Waals surface area contributed by atoms with Crippen LogP contribution in [0, 0.1) is 5.92 Å². The van der Waals surface area contributed by atoms with Crippen molar-refractivity contribution in [2.75, 3.05) is 20.2 Å². The number of carbonyl (C=O) groups excluding carboxylic acids is 2. The van der Waals surface area contributed by atoms with Crippen LogP contribution in [-0.4, -0.2) is 43.0 Å². The topological polar surface area (TPSA) is 58.6 Å². The van der Waals surface area contributed by atoms with Crippen molar-refractivity contribution in [3.8, 4) is 5.75 Å². The van der Waals surface area contributed by atoms with Crippen molar-refractivity contribution in [3.05, 3.63) is 29.3 Å². The van der Waals surface area contributed by atoms with Crippen molar-refractivity contribution in [2.24, 2.45) is 5.92 Å². The summed E-state index contributed by atoms with van der Waals surface area (Å²) in [6, 6.07) is 6.66. The van der Waals surface area contributed by atoms with Crippen LogP contribution in [0.4, 0.5) is 0 Å². The van der Waals surface area contributed by atoms with Gasteiger partial charge in [0.2, 0.25) is 11.8 Å². The average Bonchev–Trinajstić information content (AvgIpc) is 2.45. The lowest BCUT2D eigenvalue weighted by Gasteiger charge is -2.26. The van der Waals surface area contributed by atoms with Gasteiger partial charge in [-0.05, 0) is 18.1 Å². The quantitative estimate of drug-likeness (QED) is 0.836. The molecular weight excluding hydrogens is 304 g/mol.